The van der Waals surface area contributed by atoms with Crippen molar-refractivity contribution < 1.29 is 0 Å². The quantitative estimate of drug-likeness (QED) is 0.561. The van der Waals surface area contributed by atoms with Gasteiger partial charge in [-0.2, -0.15) is 5.10 Å². The summed E-state index contributed by atoms with van der Waals surface area (Å²) in [6, 6.07) is 17.6. The van der Waals surface area contributed by atoms with Crippen LogP contribution >= 0.6 is 0 Å². The molecule has 0 atom stereocenters. The van der Waals surface area contributed by atoms with E-state index < -0.39 is 0 Å². The predicted molar refractivity (Wildman–Crippen MR) is 105 cm³/mol. The van der Waals surface area contributed by atoms with Crippen LogP contribution in [0.2, 0.25) is 0 Å². The highest BCUT2D eigenvalue weighted by Gasteiger charge is 2.22. The molecule has 4 aromatic rings. The first-order chi connectivity index (χ1) is 13.4. The lowest BCUT2D eigenvalue weighted by atomic mass is 10.0. The van der Waals surface area contributed by atoms with Crippen LogP contribution in [0, 0.1) is 0 Å². The Labute approximate surface area is 158 Å². The summed E-state index contributed by atoms with van der Waals surface area (Å²) in [6.45, 7) is 3.24. The molecule has 0 amide bonds. The molecular formula is C21H22N6. The highest BCUT2D eigenvalue weighted by Crippen LogP contribution is 2.28. The number of piperidine rings is 1. The third-order valence-electron chi connectivity index (χ3n) is 5.45. The van der Waals surface area contributed by atoms with Crippen molar-refractivity contribution in [3.63, 3.8) is 0 Å². The number of fused-ring (bicyclic) bond motifs is 1. The normalized spacial score (nSPS) is 16.1. The summed E-state index contributed by atoms with van der Waals surface area (Å²) in [4.78, 5) is 2.54. The number of hydrogen-bond acceptors (Lipinski definition) is 4. The van der Waals surface area contributed by atoms with Crippen LogP contribution in [0.15, 0.2) is 67.4 Å². The Morgan fingerprint density at radius 2 is 1.70 bits per heavy atom. The van der Waals surface area contributed by atoms with Crippen LogP contribution in [0.25, 0.3) is 16.6 Å². The van der Waals surface area contributed by atoms with Crippen LogP contribution in [0.4, 0.5) is 0 Å². The minimum absolute atomic E-state index is 0.450. The van der Waals surface area contributed by atoms with Gasteiger partial charge in [0.05, 0.1) is 23.4 Å². The van der Waals surface area contributed by atoms with Crippen molar-refractivity contribution in [1.29, 1.82) is 0 Å². The average Bonchev–Trinajstić information content (AvgIpc) is 3.39. The second kappa shape index (κ2) is 6.96. The van der Waals surface area contributed by atoms with E-state index in [0.717, 1.165) is 38.2 Å². The van der Waals surface area contributed by atoms with Gasteiger partial charge in [-0.1, -0.05) is 30.3 Å². The second-order valence-corrected chi connectivity index (χ2v) is 7.19. The molecule has 1 aliphatic rings. The molecule has 0 spiro atoms. The Kier molecular flexibility index (Phi) is 4.18. The first-order valence-corrected chi connectivity index (χ1v) is 9.45. The van der Waals surface area contributed by atoms with Crippen molar-refractivity contribution in [1.82, 2.24) is 29.4 Å². The van der Waals surface area contributed by atoms with Crippen LogP contribution < -0.4 is 0 Å². The van der Waals surface area contributed by atoms with Gasteiger partial charge in [-0.3, -0.25) is 14.1 Å². The van der Waals surface area contributed by atoms with Gasteiger partial charge in [0.25, 0.3) is 0 Å². The van der Waals surface area contributed by atoms with E-state index in [1.54, 1.807) is 12.7 Å². The lowest BCUT2D eigenvalue weighted by Crippen LogP contribution is -2.34. The van der Waals surface area contributed by atoms with Gasteiger partial charge in [0.2, 0.25) is 0 Å². The number of likely N-dealkylation sites (tertiary alicyclic amines) is 1. The van der Waals surface area contributed by atoms with Crippen LogP contribution in [-0.4, -0.2) is 42.5 Å². The van der Waals surface area contributed by atoms with Gasteiger partial charge in [-0.05, 0) is 36.6 Å². The molecule has 136 valence electrons. The van der Waals surface area contributed by atoms with E-state index in [9.17, 15) is 0 Å². The van der Waals surface area contributed by atoms with E-state index in [-0.39, 0.29) is 0 Å². The van der Waals surface area contributed by atoms with E-state index in [4.69, 9.17) is 5.10 Å². The van der Waals surface area contributed by atoms with Gasteiger partial charge >= 0.3 is 0 Å². The first-order valence-electron chi connectivity index (χ1n) is 9.45. The molecule has 0 radical (unpaired) electrons. The molecule has 6 nitrogen and oxygen atoms in total. The van der Waals surface area contributed by atoms with E-state index in [1.165, 1.54) is 16.5 Å². The van der Waals surface area contributed by atoms with Gasteiger partial charge in [-0.15, -0.1) is 10.2 Å². The number of aromatic nitrogens is 5. The lowest BCUT2D eigenvalue weighted by molar-refractivity contribution is 0.175. The molecule has 3 heterocycles. The zero-order valence-electron chi connectivity index (χ0n) is 15.1. The van der Waals surface area contributed by atoms with E-state index >= 15 is 0 Å². The SMILES string of the molecule is c1ccc(CN2CCC(n3ncc4ccc(-n5cnnc5)cc43)CC2)cc1. The summed E-state index contributed by atoms with van der Waals surface area (Å²) < 4.78 is 4.14. The van der Waals surface area contributed by atoms with Gasteiger partial charge in [0.1, 0.15) is 12.7 Å². The topological polar surface area (TPSA) is 51.8 Å². The lowest BCUT2D eigenvalue weighted by Gasteiger charge is -2.32. The fourth-order valence-electron chi connectivity index (χ4n) is 3.98. The van der Waals surface area contributed by atoms with Crippen LogP contribution in [0.3, 0.4) is 0 Å². The van der Waals surface area contributed by atoms with Crippen molar-refractivity contribution in [2.24, 2.45) is 0 Å². The van der Waals surface area contributed by atoms with Gasteiger partial charge in [0.15, 0.2) is 0 Å². The van der Waals surface area contributed by atoms with Gasteiger partial charge in [0, 0.05) is 25.0 Å². The molecule has 0 aliphatic carbocycles. The first kappa shape index (κ1) is 16.2. The minimum atomic E-state index is 0.450. The van der Waals surface area contributed by atoms with E-state index in [1.807, 2.05) is 10.8 Å². The summed E-state index contributed by atoms with van der Waals surface area (Å²) in [5.74, 6) is 0. The van der Waals surface area contributed by atoms with Crippen LogP contribution in [0.1, 0.15) is 24.4 Å². The molecule has 5 rings (SSSR count). The number of benzene rings is 2. The van der Waals surface area contributed by atoms with Crippen molar-refractivity contribution in [3.8, 4) is 5.69 Å². The maximum Gasteiger partial charge on any atom is 0.123 e. The molecule has 2 aromatic carbocycles. The van der Waals surface area contributed by atoms with E-state index in [0.29, 0.717) is 6.04 Å². The highest BCUT2D eigenvalue weighted by atomic mass is 15.3. The molecule has 27 heavy (non-hydrogen) atoms. The smallest absolute Gasteiger partial charge is 0.123 e. The molecule has 6 heteroatoms. The van der Waals surface area contributed by atoms with Crippen LogP contribution in [0.5, 0.6) is 0 Å². The zero-order valence-corrected chi connectivity index (χ0v) is 15.1. The molecule has 0 bridgehead atoms. The summed E-state index contributed by atoms with van der Waals surface area (Å²) >= 11 is 0. The molecule has 0 saturated carbocycles. The zero-order chi connectivity index (χ0) is 18.1. The Hall–Kier alpha value is -2.99. The van der Waals surface area contributed by atoms with Gasteiger partial charge < -0.3 is 0 Å². The highest BCUT2D eigenvalue weighted by molar-refractivity contribution is 5.81. The minimum Gasteiger partial charge on any atom is -0.299 e. The Bertz CT molecular complexity index is 1010. The summed E-state index contributed by atoms with van der Waals surface area (Å²) in [6.07, 6.45) is 7.68. The van der Waals surface area contributed by atoms with Gasteiger partial charge in [-0.25, -0.2) is 0 Å². The van der Waals surface area contributed by atoms with Crippen molar-refractivity contribution >= 4 is 10.9 Å². The summed E-state index contributed by atoms with van der Waals surface area (Å²) in [5, 5.41) is 13.7. The third-order valence-corrected chi connectivity index (χ3v) is 5.45. The molecule has 0 N–H and O–H groups in total. The summed E-state index contributed by atoms with van der Waals surface area (Å²) in [5.41, 5.74) is 3.64. The fraction of sp³-hybridized carbons (Fsp3) is 0.286. The van der Waals surface area contributed by atoms with Crippen molar-refractivity contribution in [2.45, 2.75) is 25.4 Å². The maximum absolute atomic E-state index is 4.71. The molecule has 2 aromatic heterocycles. The Morgan fingerprint density at radius 3 is 2.48 bits per heavy atom. The summed E-state index contributed by atoms with van der Waals surface area (Å²) in [7, 11) is 0. The second-order valence-electron chi connectivity index (χ2n) is 7.19. The Balaban J connectivity index is 1.33. The number of nitrogens with zero attached hydrogens (tertiary/aromatic N) is 6. The average molecular weight is 358 g/mol. The molecule has 1 saturated heterocycles. The standard InChI is InChI=1S/C21H22N6/c1-2-4-17(5-3-1)14-25-10-8-19(9-11-25)27-21-12-20(26-15-22-23-16-26)7-6-18(21)13-24-27/h1-7,12-13,15-16,19H,8-11,14H2. The largest absolute Gasteiger partial charge is 0.299 e. The monoisotopic (exact) mass is 358 g/mol. The van der Waals surface area contributed by atoms with Crippen molar-refractivity contribution in [2.75, 3.05) is 13.1 Å². The predicted octanol–water partition coefficient (Wildman–Crippen LogP) is 3.45. The van der Waals surface area contributed by atoms with E-state index in [2.05, 4.69) is 68.3 Å². The number of rotatable bonds is 4. The molecular weight excluding hydrogens is 336 g/mol. The Morgan fingerprint density at radius 1 is 0.926 bits per heavy atom. The van der Waals surface area contributed by atoms with Crippen molar-refractivity contribution in [3.05, 3.63) is 72.9 Å². The van der Waals surface area contributed by atoms with Crippen LogP contribution in [-0.2, 0) is 6.54 Å². The number of hydrogen-bond donors (Lipinski definition) is 0. The maximum atomic E-state index is 4.71. The molecule has 0 unspecified atom stereocenters. The fourth-order valence-corrected chi connectivity index (χ4v) is 3.98. The molecule has 1 aliphatic heterocycles. The molecule has 1 fully saturated rings. The third kappa shape index (κ3) is 3.24.